The molecule has 4 heteroatoms. The number of benzene rings is 2. The Morgan fingerprint density at radius 3 is 2.05 bits per heavy atom. The van der Waals surface area contributed by atoms with Crippen LogP contribution in [-0.4, -0.2) is 19.6 Å². The second-order valence-electron chi connectivity index (χ2n) is 4.54. The zero-order chi connectivity index (χ0) is 13.1. The molecule has 0 aromatic heterocycles. The molecule has 2 nitrogen and oxygen atoms in total. The van der Waals surface area contributed by atoms with Gasteiger partial charge in [-0.15, -0.1) is 12.4 Å². The standard InChI is InChI=1S/C16H18N2S.ClH/c1-2-17-11-12-18-13-7-3-5-9-15(13)19-16-10-6-4-8-14(16)18;/h3-10,17H,2,11-12H2,1H3;1H. The van der Waals surface area contributed by atoms with Crippen LogP contribution < -0.4 is 10.2 Å². The fraction of sp³-hybridized carbons (Fsp3) is 0.250. The number of hydrogen-bond donors (Lipinski definition) is 1. The zero-order valence-electron chi connectivity index (χ0n) is 11.5. The molecule has 2 aromatic carbocycles. The zero-order valence-corrected chi connectivity index (χ0v) is 13.1. The minimum atomic E-state index is 0. The van der Waals surface area contributed by atoms with Gasteiger partial charge in [0.1, 0.15) is 0 Å². The van der Waals surface area contributed by atoms with Gasteiger partial charge in [-0.3, -0.25) is 0 Å². The van der Waals surface area contributed by atoms with E-state index in [1.54, 1.807) is 0 Å². The summed E-state index contributed by atoms with van der Waals surface area (Å²) in [5.41, 5.74) is 2.65. The van der Waals surface area contributed by atoms with Crippen LogP contribution in [0, 0.1) is 0 Å². The molecule has 0 atom stereocenters. The van der Waals surface area contributed by atoms with Gasteiger partial charge in [0.25, 0.3) is 0 Å². The number of fused-ring (bicyclic) bond motifs is 2. The molecule has 0 unspecified atom stereocenters. The number of likely N-dealkylation sites (N-methyl/N-ethyl adjacent to an activating group) is 1. The van der Waals surface area contributed by atoms with E-state index in [1.807, 2.05) is 11.8 Å². The summed E-state index contributed by atoms with van der Waals surface area (Å²) in [5, 5.41) is 3.41. The largest absolute Gasteiger partial charge is 0.338 e. The summed E-state index contributed by atoms with van der Waals surface area (Å²) in [5.74, 6) is 0. The number of nitrogens with one attached hydrogen (secondary N) is 1. The maximum Gasteiger partial charge on any atom is 0.0553 e. The topological polar surface area (TPSA) is 15.3 Å². The van der Waals surface area contributed by atoms with E-state index in [4.69, 9.17) is 0 Å². The lowest BCUT2D eigenvalue weighted by Gasteiger charge is -2.32. The van der Waals surface area contributed by atoms with Gasteiger partial charge in [-0.25, -0.2) is 0 Å². The van der Waals surface area contributed by atoms with Crippen LogP contribution in [-0.2, 0) is 0 Å². The molecular weight excluding hydrogens is 288 g/mol. The summed E-state index contributed by atoms with van der Waals surface area (Å²) in [7, 11) is 0. The summed E-state index contributed by atoms with van der Waals surface area (Å²) in [6, 6.07) is 17.3. The minimum Gasteiger partial charge on any atom is -0.338 e. The lowest BCUT2D eigenvalue weighted by Crippen LogP contribution is -2.30. The molecule has 1 aliphatic rings. The summed E-state index contributed by atoms with van der Waals surface area (Å²) >= 11 is 1.86. The van der Waals surface area contributed by atoms with Crippen LogP contribution in [0.5, 0.6) is 0 Å². The van der Waals surface area contributed by atoms with E-state index in [2.05, 4.69) is 65.7 Å². The number of nitrogens with zero attached hydrogens (tertiary/aromatic N) is 1. The maximum atomic E-state index is 3.41. The second kappa shape index (κ2) is 7.02. The van der Waals surface area contributed by atoms with Crippen molar-refractivity contribution in [1.29, 1.82) is 0 Å². The Morgan fingerprint density at radius 2 is 1.50 bits per heavy atom. The van der Waals surface area contributed by atoms with Gasteiger partial charge in [0.2, 0.25) is 0 Å². The van der Waals surface area contributed by atoms with Crippen molar-refractivity contribution in [1.82, 2.24) is 5.32 Å². The Balaban J connectivity index is 0.00000147. The van der Waals surface area contributed by atoms with E-state index in [9.17, 15) is 0 Å². The lowest BCUT2D eigenvalue weighted by molar-refractivity contribution is 0.712. The van der Waals surface area contributed by atoms with Crippen molar-refractivity contribution in [3.05, 3.63) is 48.5 Å². The number of rotatable bonds is 4. The predicted molar refractivity (Wildman–Crippen MR) is 89.8 cm³/mol. The fourth-order valence-electron chi connectivity index (χ4n) is 2.39. The summed E-state index contributed by atoms with van der Waals surface area (Å²) < 4.78 is 0. The normalized spacial score (nSPS) is 12.3. The molecule has 0 radical (unpaired) electrons. The lowest BCUT2D eigenvalue weighted by atomic mass is 10.2. The highest BCUT2D eigenvalue weighted by molar-refractivity contribution is 7.99. The van der Waals surface area contributed by atoms with E-state index in [0.717, 1.165) is 19.6 Å². The SMILES string of the molecule is CCNCCN1c2ccccc2Sc2ccccc21.Cl. The van der Waals surface area contributed by atoms with Crippen LogP contribution in [0.1, 0.15) is 6.92 Å². The van der Waals surface area contributed by atoms with E-state index < -0.39 is 0 Å². The van der Waals surface area contributed by atoms with E-state index in [0.29, 0.717) is 0 Å². The van der Waals surface area contributed by atoms with Crippen LogP contribution in [0.2, 0.25) is 0 Å². The van der Waals surface area contributed by atoms with Gasteiger partial charge in [0.15, 0.2) is 0 Å². The highest BCUT2D eigenvalue weighted by Crippen LogP contribution is 2.47. The molecule has 1 N–H and O–H groups in total. The molecule has 1 heterocycles. The smallest absolute Gasteiger partial charge is 0.0553 e. The number of para-hydroxylation sites is 2. The predicted octanol–water partition coefficient (Wildman–Crippen LogP) is 4.32. The first kappa shape index (κ1) is 15.2. The molecule has 106 valence electrons. The van der Waals surface area contributed by atoms with Gasteiger partial charge in [-0.05, 0) is 30.8 Å². The average molecular weight is 307 g/mol. The molecule has 20 heavy (non-hydrogen) atoms. The molecule has 0 bridgehead atoms. The van der Waals surface area contributed by atoms with Crippen molar-refractivity contribution in [2.75, 3.05) is 24.5 Å². The van der Waals surface area contributed by atoms with Crippen LogP contribution in [0.25, 0.3) is 0 Å². The molecule has 0 saturated heterocycles. The van der Waals surface area contributed by atoms with Gasteiger partial charge in [0.05, 0.1) is 11.4 Å². The Kier molecular flexibility index (Phi) is 5.35. The van der Waals surface area contributed by atoms with E-state index >= 15 is 0 Å². The quantitative estimate of drug-likeness (QED) is 0.847. The van der Waals surface area contributed by atoms with Crippen molar-refractivity contribution in [2.24, 2.45) is 0 Å². The van der Waals surface area contributed by atoms with Crippen LogP contribution in [0.4, 0.5) is 11.4 Å². The van der Waals surface area contributed by atoms with Gasteiger partial charge < -0.3 is 10.2 Å². The first-order valence-electron chi connectivity index (χ1n) is 6.74. The molecule has 0 fully saturated rings. The maximum absolute atomic E-state index is 3.41. The molecule has 0 saturated carbocycles. The molecule has 2 aromatic rings. The summed E-state index contributed by atoms with van der Waals surface area (Å²) in [4.78, 5) is 5.11. The van der Waals surface area contributed by atoms with Crippen molar-refractivity contribution < 1.29 is 0 Å². The van der Waals surface area contributed by atoms with Gasteiger partial charge >= 0.3 is 0 Å². The Labute approximate surface area is 131 Å². The third-order valence-corrected chi connectivity index (χ3v) is 4.42. The second-order valence-corrected chi connectivity index (χ2v) is 5.63. The summed E-state index contributed by atoms with van der Waals surface area (Å²) in [6.07, 6.45) is 0. The van der Waals surface area contributed by atoms with Gasteiger partial charge in [0, 0.05) is 22.9 Å². The first-order chi connectivity index (χ1) is 9.40. The third kappa shape index (κ3) is 2.95. The highest BCUT2D eigenvalue weighted by Gasteiger charge is 2.21. The molecule has 1 aliphatic heterocycles. The fourth-order valence-corrected chi connectivity index (χ4v) is 3.49. The van der Waals surface area contributed by atoms with E-state index in [-0.39, 0.29) is 12.4 Å². The van der Waals surface area contributed by atoms with Crippen molar-refractivity contribution in [3.63, 3.8) is 0 Å². The van der Waals surface area contributed by atoms with Crippen LogP contribution in [0.15, 0.2) is 58.3 Å². The first-order valence-corrected chi connectivity index (χ1v) is 7.56. The number of hydrogen-bond acceptors (Lipinski definition) is 3. The van der Waals surface area contributed by atoms with Crippen molar-refractivity contribution in [2.45, 2.75) is 16.7 Å². The number of halogens is 1. The number of anilines is 2. The van der Waals surface area contributed by atoms with Crippen molar-refractivity contribution in [3.8, 4) is 0 Å². The van der Waals surface area contributed by atoms with Gasteiger partial charge in [-0.2, -0.15) is 0 Å². The molecule has 0 amide bonds. The Hall–Kier alpha value is -1.16. The Bertz CT molecular complexity index is 528. The summed E-state index contributed by atoms with van der Waals surface area (Å²) in [6.45, 7) is 5.17. The Morgan fingerprint density at radius 1 is 0.950 bits per heavy atom. The van der Waals surface area contributed by atoms with Crippen molar-refractivity contribution >= 4 is 35.5 Å². The molecular formula is C16H19ClN2S. The van der Waals surface area contributed by atoms with E-state index in [1.165, 1.54) is 21.2 Å². The van der Waals surface area contributed by atoms with Gasteiger partial charge in [-0.1, -0.05) is 43.0 Å². The highest BCUT2D eigenvalue weighted by atomic mass is 35.5. The van der Waals surface area contributed by atoms with Crippen LogP contribution in [0.3, 0.4) is 0 Å². The average Bonchev–Trinajstić information content (AvgIpc) is 2.46. The van der Waals surface area contributed by atoms with Crippen LogP contribution >= 0.6 is 24.2 Å². The molecule has 0 spiro atoms. The monoisotopic (exact) mass is 306 g/mol. The molecule has 3 rings (SSSR count). The molecule has 0 aliphatic carbocycles. The third-order valence-electron chi connectivity index (χ3n) is 3.29. The minimum absolute atomic E-state index is 0.